The van der Waals surface area contributed by atoms with Crippen LogP contribution >= 0.6 is 7.82 Å². The monoisotopic (exact) mass is 337 g/mol. The molecule has 0 unspecified atom stereocenters. The lowest BCUT2D eigenvalue weighted by molar-refractivity contribution is 0.161. The van der Waals surface area contributed by atoms with Gasteiger partial charge in [0.15, 0.2) is 0 Å². The van der Waals surface area contributed by atoms with E-state index < -0.39 is 7.82 Å². The summed E-state index contributed by atoms with van der Waals surface area (Å²) in [5, 5.41) is 0. The Labute approximate surface area is 134 Å². The van der Waals surface area contributed by atoms with E-state index in [4.69, 9.17) is 19.3 Å². The fourth-order valence-electron chi connectivity index (χ4n) is 1.92. The molecule has 0 atom stereocenters. The molecule has 0 aliphatic heterocycles. The Hall–Kier alpha value is -2.27. The first-order chi connectivity index (χ1) is 10.9. The van der Waals surface area contributed by atoms with Gasteiger partial charge in [0, 0.05) is 18.2 Å². The smallest absolute Gasteiger partial charge is 0.513 e. The van der Waals surface area contributed by atoms with Crippen LogP contribution in [0, 0.1) is 0 Å². The van der Waals surface area contributed by atoms with Crippen LogP contribution in [0.25, 0.3) is 12.2 Å². The first kappa shape index (κ1) is 17.1. The molecule has 0 aliphatic rings. The zero-order valence-electron chi connectivity index (χ0n) is 12.7. The number of hydrogen-bond acceptors (Lipinski definition) is 3. The van der Waals surface area contributed by atoms with Crippen LogP contribution in [-0.2, 0) is 4.57 Å². The Morgan fingerprint density at radius 3 is 1.91 bits per heavy atom. The number of benzene rings is 2. The molecule has 122 valence electrons. The fraction of sp³-hybridized carbons (Fsp3) is 0.125. The molecule has 0 radical (unpaired) electrons. The highest BCUT2D eigenvalue weighted by molar-refractivity contribution is 7.45. The second-order valence-electron chi connectivity index (χ2n) is 4.68. The van der Waals surface area contributed by atoms with Crippen molar-refractivity contribution in [2.75, 3.05) is 14.2 Å². The second-order valence-corrected chi connectivity index (χ2v) is 5.91. The van der Waals surface area contributed by atoms with Gasteiger partial charge in [0.1, 0.15) is 11.5 Å². The molecule has 0 bridgehead atoms. The van der Waals surface area contributed by atoms with Gasteiger partial charge in [-0.1, -0.05) is 12.2 Å². The lowest BCUT2D eigenvalue weighted by Gasteiger charge is -2.06. The van der Waals surface area contributed by atoms with Crippen molar-refractivity contribution >= 4 is 20.0 Å². The molecular weight excluding hydrogens is 319 g/mol. The maximum absolute atomic E-state index is 10.8. The van der Waals surface area contributed by atoms with E-state index in [0.29, 0.717) is 11.5 Å². The van der Waals surface area contributed by atoms with E-state index in [1.54, 1.807) is 44.6 Å². The van der Waals surface area contributed by atoms with Gasteiger partial charge in [-0.05, 0) is 35.4 Å². The van der Waals surface area contributed by atoms with Crippen molar-refractivity contribution in [3.8, 4) is 17.2 Å². The molecule has 0 saturated carbocycles. The minimum Gasteiger partial charge on any atom is -0.513 e. The molecule has 7 heteroatoms. The van der Waals surface area contributed by atoms with Crippen molar-refractivity contribution in [2.24, 2.45) is 0 Å². The van der Waals surface area contributed by atoms with Gasteiger partial charge in [-0.2, -0.15) is 4.57 Å². The van der Waals surface area contributed by atoms with Crippen molar-refractivity contribution in [2.45, 2.75) is 0 Å². The van der Waals surface area contributed by atoms with Crippen LogP contribution in [0.4, 0.5) is 0 Å². The molecule has 2 rings (SSSR count). The Morgan fingerprint density at radius 2 is 1.43 bits per heavy atom. The van der Waals surface area contributed by atoms with Crippen molar-refractivity contribution in [3.63, 3.8) is 0 Å². The molecule has 0 saturated heterocycles. The average molecular weight is 337 g/mol. The van der Waals surface area contributed by atoms with Gasteiger partial charge in [-0.25, -0.2) is 0 Å². The van der Waals surface area contributed by atoms with Crippen LogP contribution in [0.15, 0.2) is 42.5 Å². The summed E-state index contributed by atoms with van der Waals surface area (Å²) in [6.07, 6.45) is 3.76. The Balaban J connectivity index is 2.15. The van der Waals surface area contributed by atoms with Gasteiger partial charge < -0.3 is 14.0 Å². The zero-order chi connectivity index (χ0) is 16.9. The number of methoxy groups -OCH3 is 2. The van der Waals surface area contributed by atoms with E-state index in [-0.39, 0.29) is 5.75 Å². The third kappa shape index (κ3) is 5.45. The van der Waals surface area contributed by atoms with Gasteiger partial charge in [0.25, 0.3) is 5.75 Å². The van der Waals surface area contributed by atoms with Crippen LogP contribution in [-0.4, -0.2) is 28.5 Å². The highest BCUT2D eigenvalue weighted by atomic mass is 31.2. The van der Waals surface area contributed by atoms with E-state index in [0.717, 1.165) is 11.1 Å². The summed E-state index contributed by atoms with van der Waals surface area (Å²) in [6.45, 7) is 0. The lowest BCUT2D eigenvalue weighted by Crippen LogP contribution is -1.88. The van der Waals surface area contributed by atoms with Crippen LogP contribution in [0.3, 0.4) is 0 Å². The topological polar surface area (TPSA) is 88.8 Å². The molecule has 2 aromatic rings. The summed E-state index contributed by atoms with van der Waals surface area (Å²) >= 11 is 0. The molecule has 0 amide bonds. The molecule has 0 heterocycles. The van der Waals surface area contributed by atoms with Crippen LogP contribution in [0.5, 0.6) is 17.2 Å². The number of ether oxygens (including phenoxy) is 2. The quantitative estimate of drug-likeness (QED) is 0.480. The average Bonchev–Trinajstić information content (AvgIpc) is 2.52. The molecule has 0 fully saturated rings. The van der Waals surface area contributed by atoms with Crippen molar-refractivity contribution in [3.05, 3.63) is 53.6 Å². The highest BCUT2D eigenvalue weighted by Crippen LogP contribution is 2.39. The van der Waals surface area contributed by atoms with Crippen molar-refractivity contribution in [1.29, 1.82) is 0 Å². The largest absolute Gasteiger partial charge is 0.678 e. The van der Waals surface area contributed by atoms with Gasteiger partial charge in [-0.15, -0.1) is 0 Å². The minimum absolute atomic E-state index is 0.235. The standard InChI is InChI=1S/C16H17O6P/c1-20-15-9-13(10-16(11-15)21-2)4-3-12-5-7-14(8-6-12)22-23(17,18)19/h3-11H,1-2H3,(H2,17,18,19)/p+1/b4-3+. The molecule has 2 aromatic carbocycles. The molecule has 0 spiro atoms. The maximum atomic E-state index is 10.8. The van der Waals surface area contributed by atoms with E-state index >= 15 is 0 Å². The van der Waals surface area contributed by atoms with E-state index in [1.807, 2.05) is 24.3 Å². The summed E-state index contributed by atoms with van der Waals surface area (Å²) in [4.78, 5) is 17.6. The molecule has 6 nitrogen and oxygen atoms in total. The predicted molar refractivity (Wildman–Crippen MR) is 88.6 cm³/mol. The minimum atomic E-state index is -4.40. The molecular formula is C16H18O6P+. The number of aromatic hydroxyl groups is 1. The van der Waals surface area contributed by atoms with Gasteiger partial charge in [0.2, 0.25) is 0 Å². The first-order valence-corrected chi connectivity index (χ1v) is 8.26. The van der Waals surface area contributed by atoms with Crippen LogP contribution < -0.4 is 9.47 Å². The van der Waals surface area contributed by atoms with Crippen molar-refractivity contribution < 1.29 is 28.3 Å². The highest BCUT2D eigenvalue weighted by Gasteiger charge is 2.23. The summed E-state index contributed by atoms with van der Waals surface area (Å²) in [7, 11) is -1.23. The maximum Gasteiger partial charge on any atom is 0.678 e. The summed E-state index contributed by atoms with van der Waals surface area (Å²) in [6, 6.07) is 12.1. The molecule has 0 aliphatic carbocycles. The van der Waals surface area contributed by atoms with E-state index in [1.165, 1.54) is 0 Å². The molecule has 0 aromatic heterocycles. The second kappa shape index (κ2) is 7.33. The first-order valence-electron chi connectivity index (χ1n) is 6.70. The number of hydrogen-bond donors (Lipinski definition) is 2. The summed E-state index contributed by atoms with van der Waals surface area (Å²) in [5.74, 6) is 1.62. The Kier molecular flexibility index (Phi) is 5.45. The zero-order valence-corrected chi connectivity index (χ0v) is 13.6. The Morgan fingerprint density at radius 1 is 0.913 bits per heavy atom. The number of rotatable bonds is 6. The predicted octanol–water partition coefficient (Wildman–Crippen LogP) is 3.21. The third-order valence-corrected chi connectivity index (χ3v) is 3.47. The van der Waals surface area contributed by atoms with Gasteiger partial charge in [-0.3, -0.25) is 9.79 Å². The third-order valence-electron chi connectivity index (χ3n) is 2.98. The fourth-order valence-corrected chi connectivity index (χ4v) is 2.35. The van der Waals surface area contributed by atoms with E-state index in [2.05, 4.69) is 4.52 Å². The van der Waals surface area contributed by atoms with Crippen LogP contribution in [0.1, 0.15) is 11.1 Å². The SMILES string of the molecule is COc1cc(/C=C/c2ccc([OH+]P(=O)(O)O)cc2)cc(OC)c1. The molecule has 3 N–H and O–H groups in total. The van der Waals surface area contributed by atoms with Gasteiger partial charge >= 0.3 is 7.82 Å². The van der Waals surface area contributed by atoms with Crippen LogP contribution in [0.2, 0.25) is 0 Å². The summed E-state index contributed by atoms with van der Waals surface area (Å²) < 4.78 is 24.5. The summed E-state index contributed by atoms with van der Waals surface area (Å²) in [5.41, 5.74) is 1.78. The lowest BCUT2D eigenvalue weighted by atomic mass is 10.1. The van der Waals surface area contributed by atoms with E-state index in [9.17, 15) is 4.57 Å². The Bertz CT molecular complexity index is 710. The van der Waals surface area contributed by atoms with Crippen molar-refractivity contribution in [1.82, 2.24) is 0 Å². The normalized spacial score (nSPS) is 11.5. The molecule has 23 heavy (non-hydrogen) atoms. The van der Waals surface area contributed by atoms with Gasteiger partial charge in [0.05, 0.1) is 14.2 Å².